The van der Waals surface area contributed by atoms with Crippen molar-refractivity contribution in [2.75, 3.05) is 24.6 Å². The van der Waals surface area contributed by atoms with E-state index in [0.29, 0.717) is 19.4 Å². The van der Waals surface area contributed by atoms with Gasteiger partial charge in [-0.1, -0.05) is 13.8 Å². The number of sulfone groups is 1. The van der Waals surface area contributed by atoms with Crippen LogP contribution in [0.2, 0.25) is 0 Å². The fourth-order valence-electron chi connectivity index (χ4n) is 1.26. The molecule has 19 heavy (non-hydrogen) atoms. The van der Waals surface area contributed by atoms with E-state index in [4.69, 9.17) is 5.11 Å². The first-order valence-corrected chi connectivity index (χ1v) is 8.05. The maximum absolute atomic E-state index is 11.3. The molecule has 2 amide bonds. The van der Waals surface area contributed by atoms with Crippen LogP contribution in [0, 0.1) is 5.92 Å². The van der Waals surface area contributed by atoms with Gasteiger partial charge in [0.1, 0.15) is 0 Å². The average Bonchev–Trinajstić information content (AvgIpc) is 2.34. The maximum atomic E-state index is 11.3. The van der Waals surface area contributed by atoms with Gasteiger partial charge in [0.15, 0.2) is 9.84 Å². The van der Waals surface area contributed by atoms with Gasteiger partial charge in [0.05, 0.1) is 11.7 Å². The lowest BCUT2D eigenvalue weighted by Crippen LogP contribution is -2.38. The molecule has 0 aromatic carbocycles. The van der Waals surface area contributed by atoms with E-state index >= 15 is 0 Å². The van der Waals surface area contributed by atoms with Crippen LogP contribution in [0.4, 0.5) is 4.79 Å². The molecular formula is C11H22N2O5S. The Bertz CT molecular complexity index is 394. The molecule has 112 valence electrons. The molecule has 0 aliphatic heterocycles. The van der Waals surface area contributed by atoms with Crippen molar-refractivity contribution in [2.45, 2.75) is 26.7 Å². The van der Waals surface area contributed by atoms with E-state index < -0.39 is 27.8 Å². The molecule has 0 bridgehead atoms. The van der Waals surface area contributed by atoms with Crippen LogP contribution in [0.3, 0.4) is 0 Å². The van der Waals surface area contributed by atoms with Crippen molar-refractivity contribution in [3.63, 3.8) is 0 Å². The maximum Gasteiger partial charge on any atom is 0.314 e. The van der Waals surface area contributed by atoms with E-state index in [1.54, 1.807) is 13.8 Å². The second kappa shape index (κ2) is 8.73. The van der Waals surface area contributed by atoms with Gasteiger partial charge in [-0.15, -0.1) is 0 Å². The molecule has 0 aliphatic rings. The summed E-state index contributed by atoms with van der Waals surface area (Å²) in [7, 11) is -3.07. The number of carboxylic acids is 1. The van der Waals surface area contributed by atoms with Crippen molar-refractivity contribution >= 4 is 21.8 Å². The van der Waals surface area contributed by atoms with Gasteiger partial charge in [0, 0.05) is 18.8 Å². The fraction of sp³-hybridized carbons (Fsp3) is 0.818. The molecule has 0 spiro atoms. The van der Waals surface area contributed by atoms with E-state index in [9.17, 15) is 18.0 Å². The predicted molar refractivity (Wildman–Crippen MR) is 71.8 cm³/mol. The van der Waals surface area contributed by atoms with Gasteiger partial charge in [-0.2, -0.15) is 0 Å². The number of carbonyl (C=O) groups excluding carboxylic acids is 1. The molecule has 0 aromatic rings. The van der Waals surface area contributed by atoms with E-state index in [0.717, 1.165) is 0 Å². The molecule has 8 heteroatoms. The Morgan fingerprint density at radius 1 is 1.21 bits per heavy atom. The van der Waals surface area contributed by atoms with Crippen molar-refractivity contribution < 1.29 is 23.1 Å². The number of hydrogen-bond donors (Lipinski definition) is 3. The zero-order chi connectivity index (χ0) is 14.9. The summed E-state index contributed by atoms with van der Waals surface area (Å²) in [5.74, 6) is -1.30. The zero-order valence-corrected chi connectivity index (χ0v) is 12.1. The highest BCUT2D eigenvalue weighted by atomic mass is 32.2. The molecular weight excluding hydrogens is 272 g/mol. The Balaban J connectivity index is 3.64. The van der Waals surface area contributed by atoms with E-state index in [2.05, 4.69) is 10.6 Å². The molecule has 0 saturated heterocycles. The molecule has 3 N–H and O–H groups in total. The lowest BCUT2D eigenvalue weighted by Gasteiger charge is -2.08. The number of nitrogens with one attached hydrogen (secondary N) is 2. The predicted octanol–water partition coefficient (Wildman–Crippen LogP) is 0.221. The first-order valence-electron chi connectivity index (χ1n) is 6.23. The highest BCUT2D eigenvalue weighted by Crippen LogP contribution is 2.03. The summed E-state index contributed by atoms with van der Waals surface area (Å²) in [5, 5.41) is 13.6. The van der Waals surface area contributed by atoms with Gasteiger partial charge in [-0.05, 0) is 12.8 Å². The topological polar surface area (TPSA) is 113 Å². The lowest BCUT2D eigenvalue weighted by molar-refractivity contribution is -0.141. The Morgan fingerprint density at radius 3 is 2.32 bits per heavy atom. The minimum atomic E-state index is -3.07. The lowest BCUT2D eigenvalue weighted by atomic mass is 10.1. The molecule has 1 unspecified atom stereocenters. The van der Waals surface area contributed by atoms with Gasteiger partial charge in [-0.25, -0.2) is 13.2 Å². The Hall–Kier alpha value is -1.31. The molecule has 0 aliphatic carbocycles. The molecule has 1 atom stereocenters. The number of amides is 2. The van der Waals surface area contributed by atoms with Gasteiger partial charge < -0.3 is 15.7 Å². The Morgan fingerprint density at radius 2 is 1.79 bits per heavy atom. The Kier molecular flexibility index (Phi) is 8.13. The van der Waals surface area contributed by atoms with Crippen LogP contribution in [0.1, 0.15) is 26.7 Å². The number of urea groups is 1. The monoisotopic (exact) mass is 294 g/mol. The summed E-state index contributed by atoms with van der Waals surface area (Å²) in [5.41, 5.74) is 0. The summed E-state index contributed by atoms with van der Waals surface area (Å²) in [4.78, 5) is 21.8. The third kappa shape index (κ3) is 9.29. The third-order valence-corrected chi connectivity index (χ3v) is 4.37. The number of aliphatic carboxylic acids is 1. The van der Waals surface area contributed by atoms with Crippen molar-refractivity contribution in [2.24, 2.45) is 5.92 Å². The van der Waals surface area contributed by atoms with Crippen LogP contribution < -0.4 is 10.6 Å². The molecule has 7 nitrogen and oxygen atoms in total. The summed E-state index contributed by atoms with van der Waals surface area (Å²) < 4.78 is 22.3. The summed E-state index contributed by atoms with van der Waals surface area (Å²) in [6.45, 7) is 3.61. The Labute approximate surface area is 113 Å². The molecule has 0 aromatic heterocycles. The fourth-order valence-corrected chi connectivity index (χ4v) is 1.96. The van der Waals surface area contributed by atoms with Gasteiger partial charge in [0.25, 0.3) is 0 Å². The highest BCUT2D eigenvalue weighted by Gasteiger charge is 2.10. The second-order valence-electron chi connectivity index (χ2n) is 4.30. The number of hydrogen-bond acceptors (Lipinski definition) is 4. The van der Waals surface area contributed by atoms with Crippen molar-refractivity contribution in [3.8, 4) is 0 Å². The highest BCUT2D eigenvalue weighted by molar-refractivity contribution is 7.91. The number of carbonyl (C=O) groups is 2. The van der Waals surface area contributed by atoms with Crippen LogP contribution in [0.5, 0.6) is 0 Å². The molecule has 0 fully saturated rings. The third-order valence-electron chi connectivity index (χ3n) is 2.66. The van der Waals surface area contributed by atoms with Crippen LogP contribution >= 0.6 is 0 Å². The number of carboxylic acid groups (broad SMARTS) is 1. The summed E-state index contributed by atoms with van der Waals surface area (Å²) in [6, 6.07) is -0.436. The SMILES string of the molecule is CCS(=O)(=O)CCNC(=O)NCCCC(C)C(=O)O. The van der Waals surface area contributed by atoms with E-state index in [-0.39, 0.29) is 18.1 Å². The molecule has 0 radical (unpaired) electrons. The average molecular weight is 294 g/mol. The van der Waals surface area contributed by atoms with Crippen molar-refractivity contribution in [1.29, 1.82) is 0 Å². The second-order valence-corrected chi connectivity index (χ2v) is 6.77. The van der Waals surface area contributed by atoms with Crippen LogP contribution in [-0.4, -0.2) is 50.1 Å². The van der Waals surface area contributed by atoms with Crippen molar-refractivity contribution in [3.05, 3.63) is 0 Å². The normalized spacial score (nSPS) is 12.7. The van der Waals surface area contributed by atoms with Crippen LogP contribution in [-0.2, 0) is 14.6 Å². The smallest absolute Gasteiger partial charge is 0.314 e. The largest absolute Gasteiger partial charge is 0.481 e. The van der Waals surface area contributed by atoms with Crippen LogP contribution in [0.25, 0.3) is 0 Å². The molecule has 0 heterocycles. The summed E-state index contributed by atoms with van der Waals surface area (Å²) >= 11 is 0. The minimum absolute atomic E-state index is 0.0589. The standard InChI is InChI=1S/C11H22N2O5S/c1-3-19(17,18)8-7-13-11(16)12-6-4-5-9(2)10(14)15/h9H,3-8H2,1-2H3,(H,14,15)(H2,12,13,16). The van der Waals surface area contributed by atoms with Crippen LogP contribution in [0.15, 0.2) is 0 Å². The van der Waals surface area contributed by atoms with E-state index in [1.807, 2.05) is 0 Å². The molecule has 0 rings (SSSR count). The van der Waals surface area contributed by atoms with Gasteiger partial charge >= 0.3 is 12.0 Å². The molecule has 0 saturated carbocycles. The quantitative estimate of drug-likeness (QED) is 0.527. The van der Waals surface area contributed by atoms with Gasteiger partial charge in [-0.3, -0.25) is 4.79 Å². The summed E-state index contributed by atoms with van der Waals surface area (Å²) in [6.07, 6.45) is 1.05. The zero-order valence-electron chi connectivity index (χ0n) is 11.3. The van der Waals surface area contributed by atoms with Gasteiger partial charge in [0.2, 0.25) is 0 Å². The van der Waals surface area contributed by atoms with Crippen molar-refractivity contribution in [1.82, 2.24) is 10.6 Å². The number of rotatable bonds is 9. The minimum Gasteiger partial charge on any atom is -0.481 e. The first-order chi connectivity index (χ1) is 8.78. The first kappa shape index (κ1) is 17.7. The van der Waals surface area contributed by atoms with E-state index in [1.165, 1.54) is 0 Å².